The van der Waals surface area contributed by atoms with Gasteiger partial charge in [-0.2, -0.15) is 0 Å². The van der Waals surface area contributed by atoms with Crippen molar-refractivity contribution >= 4 is 16.7 Å². The highest BCUT2D eigenvalue weighted by molar-refractivity contribution is 5.86. The minimum Gasteiger partial charge on any atom is -0.352 e. The summed E-state index contributed by atoms with van der Waals surface area (Å²) in [5.41, 5.74) is 1.31. The minimum atomic E-state index is 0.137. The van der Waals surface area contributed by atoms with Crippen LogP contribution in [0.1, 0.15) is 45.2 Å². The molecule has 0 heterocycles. The van der Waals surface area contributed by atoms with E-state index in [1.54, 1.807) is 0 Å². The molecule has 3 heteroatoms. The smallest absolute Gasteiger partial charge is 0.223 e. The summed E-state index contributed by atoms with van der Waals surface area (Å²) in [6, 6.07) is 15.2. The first kappa shape index (κ1) is 19.2. The summed E-state index contributed by atoms with van der Waals surface area (Å²) in [6.45, 7) is 7.68. The second-order valence-corrected chi connectivity index (χ2v) is 6.43. The minimum absolute atomic E-state index is 0.137. The van der Waals surface area contributed by atoms with Crippen LogP contribution < -0.4 is 10.6 Å². The van der Waals surface area contributed by atoms with E-state index in [1.807, 2.05) is 6.08 Å². The highest BCUT2D eigenvalue weighted by atomic mass is 16.1. The number of rotatable bonds is 9. The lowest BCUT2D eigenvalue weighted by molar-refractivity contribution is -0.124. The molecule has 0 aliphatic rings. The van der Waals surface area contributed by atoms with Crippen LogP contribution in [-0.2, 0) is 4.79 Å². The van der Waals surface area contributed by atoms with Gasteiger partial charge in [0.15, 0.2) is 0 Å². The van der Waals surface area contributed by atoms with Crippen molar-refractivity contribution in [3.05, 3.63) is 60.2 Å². The number of nitrogens with one attached hydrogen (secondary N) is 2. The van der Waals surface area contributed by atoms with Crippen molar-refractivity contribution in [2.24, 2.45) is 5.92 Å². The number of benzene rings is 2. The van der Waals surface area contributed by atoms with E-state index < -0.39 is 0 Å². The van der Waals surface area contributed by atoms with Crippen LogP contribution >= 0.6 is 0 Å². The van der Waals surface area contributed by atoms with E-state index in [9.17, 15) is 4.79 Å². The topological polar surface area (TPSA) is 41.1 Å². The summed E-state index contributed by atoms with van der Waals surface area (Å²) >= 11 is 0. The van der Waals surface area contributed by atoms with Gasteiger partial charge in [-0.1, -0.05) is 68.5 Å². The van der Waals surface area contributed by atoms with Crippen molar-refractivity contribution in [3.8, 4) is 0 Å². The van der Waals surface area contributed by atoms with Crippen LogP contribution in [0.3, 0.4) is 0 Å². The van der Waals surface area contributed by atoms with Gasteiger partial charge in [0.25, 0.3) is 0 Å². The van der Waals surface area contributed by atoms with Gasteiger partial charge in [-0.15, -0.1) is 0 Å². The van der Waals surface area contributed by atoms with Crippen LogP contribution in [0.4, 0.5) is 0 Å². The van der Waals surface area contributed by atoms with Gasteiger partial charge in [-0.25, -0.2) is 0 Å². The van der Waals surface area contributed by atoms with Crippen molar-refractivity contribution in [3.63, 3.8) is 0 Å². The first-order valence-corrected chi connectivity index (χ1v) is 9.31. The number of amides is 1. The highest BCUT2D eigenvalue weighted by Gasteiger charge is 2.12. The quantitative estimate of drug-likeness (QED) is 0.656. The molecule has 0 radical (unpaired) electrons. The Morgan fingerprint density at radius 2 is 1.68 bits per heavy atom. The molecule has 0 aromatic heterocycles. The molecule has 0 bridgehead atoms. The van der Waals surface area contributed by atoms with Gasteiger partial charge in [0.05, 0.1) is 0 Å². The Balaban J connectivity index is 1.80. The van der Waals surface area contributed by atoms with Gasteiger partial charge < -0.3 is 10.6 Å². The number of hydrogen-bond acceptors (Lipinski definition) is 2. The fraction of sp³-hybridized carbons (Fsp3) is 0.409. The van der Waals surface area contributed by atoms with Gasteiger partial charge in [-0.05, 0) is 36.1 Å². The largest absolute Gasteiger partial charge is 0.352 e. The SMILES string of the molecule is CCC(CC)C(=O)NC/C=C/CN[C@H](C)c1cccc2ccccc12. The molecule has 0 fully saturated rings. The summed E-state index contributed by atoms with van der Waals surface area (Å²) in [5, 5.41) is 9.07. The lowest BCUT2D eigenvalue weighted by atomic mass is 10.00. The van der Waals surface area contributed by atoms with Gasteiger partial charge in [0.2, 0.25) is 5.91 Å². The van der Waals surface area contributed by atoms with Crippen LogP contribution in [-0.4, -0.2) is 19.0 Å². The average molecular weight is 338 g/mol. The molecule has 2 aromatic rings. The Bertz CT molecular complexity index is 699. The van der Waals surface area contributed by atoms with Gasteiger partial charge in [0.1, 0.15) is 0 Å². The summed E-state index contributed by atoms with van der Waals surface area (Å²) in [6.07, 6.45) is 5.89. The first-order valence-electron chi connectivity index (χ1n) is 9.31. The van der Waals surface area contributed by atoms with E-state index in [0.29, 0.717) is 6.54 Å². The molecular weight excluding hydrogens is 308 g/mol. The Morgan fingerprint density at radius 3 is 2.44 bits per heavy atom. The maximum absolute atomic E-state index is 11.9. The maximum atomic E-state index is 11.9. The lowest BCUT2D eigenvalue weighted by Crippen LogP contribution is -2.30. The van der Waals surface area contributed by atoms with Crippen molar-refractivity contribution in [2.75, 3.05) is 13.1 Å². The zero-order valence-corrected chi connectivity index (χ0v) is 15.6. The van der Waals surface area contributed by atoms with E-state index in [2.05, 4.69) is 79.9 Å². The van der Waals surface area contributed by atoms with E-state index in [-0.39, 0.29) is 17.9 Å². The van der Waals surface area contributed by atoms with Crippen molar-refractivity contribution in [2.45, 2.75) is 39.7 Å². The third-order valence-corrected chi connectivity index (χ3v) is 4.75. The molecule has 1 amide bonds. The van der Waals surface area contributed by atoms with Crippen LogP contribution in [0.25, 0.3) is 10.8 Å². The van der Waals surface area contributed by atoms with Crippen LogP contribution in [0.15, 0.2) is 54.6 Å². The summed E-state index contributed by atoms with van der Waals surface area (Å²) in [4.78, 5) is 11.9. The molecule has 0 aliphatic carbocycles. The van der Waals surface area contributed by atoms with Crippen LogP contribution in [0.2, 0.25) is 0 Å². The number of carbonyl (C=O) groups excluding carboxylic acids is 1. The third kappa shape index (κ3) is 5.43. The van der Waals surface area contributed by atoms with Crippen molar-refractivity contribution < 1.29 is 4.79 Å². The third-order valence-electron chi connectivity index (χ3n) is 4.75. The van der Waals surface area contributed by atoms with Crippen molar-refractivity contribution in [1.82, 2.24) is 10.6 Å². The number of fused-ring (bicyclic) bond motifs is 1. The molecule has 2 rings (SSSR count). The molecule has 0 unspecified atom stereocenters. The molecule has 0 spiro atoms. The zero-order chi connectivity index (χ0) is 18.1. The fourth-order valence-electron chi connectivity index (χ4n) is 3.11. The van der Waals surface area contributed by atoms with Crippen molar-refractivity contribution in [1.29, 1.82) is 0 Å². The standard InChI is InChI=1S/C22H30N2O/c1-4-18(5-2)22(25)24-16-9-8-15-23-17(3)20-14-10-12-19-11-6-7-13-21(19)20/h6-14,17-18,23H,4-5,15-16H2,1-3H3,(H,24,25)/b9-8+/t17-/m1/s1. The summed E-state index contributed by atoms with van der Waals surface area (Å²) in [5.74, 6) is 0.296. The predicted molar refractivity (Wildman–Crippen MR) is 107 cm³/mol. The van der Waals surface area contributed by atoms with E-state index in [1.165, 1.54) is 16.3 Å². The van der Waals surface area contributed by atoms with E-state index in [0.717, 1.165) is 19.4 Å². The molecule has 25 heavy (non-hydrogen) atoms. The highest BCUT2D eigenvalue weighted by Crippen LogP contribution is 2.23. The summed E-state index contributed by atoms with van der Waals surface area (Å²) < 4.78 is 0. The number of hydrogen-bond donors (Lipinski definition) is 2. The zero-order valence-electron chi connectivity index (χ0n) is 15.6. The molecular formula is C22H30N2O. The number of carbonyl (C=O) groups is 1. The Hall–Kier alpha value is -2.13. The molecule has 2 aromatic carbocycles. The Kier molecular flexibility index (Phi) is 7.68. The van der Waals surface area contributed by atoms with Gasteiger partial charge in [-0.3, -0.25) is 4.79 Å². The molecule has 1 atom stereocenters. The van der Waals surface area contributed by atoms with E-state index >= 15 is 0 Å². The van der Waals surface area contributed by atoms with Crippen LogP contribution in [0, 0.1) is 5.92 Å². The molecule has 0 saturated heterocycles. The lowest BCUT2D eigenvalue weighted by Gasteiger charge is -2.15. The Labute approximate surface area is 151 Å². The second kappa shape index (κ2) is 10.00. The van der Waals surface area contributed by atoms with E-state index in [4.69, 9.17) is 0 Å². The molecule has 134 valence electrons. The van der Waals surface area contributed by atoms with Crippen LogP contribution in [0.5, 0.6) is 0 Å². The molecule has 3 nitrogen and oxygen atoms in total. The first-order chi connectivity index (χ1) is 12.2. The molecule has 2 N–H and O–H groups in total. The van der Waals surface area contributed by atoms with Gasteiger partial charge in [0, 0.05) is 25.0 Å². The summed E-state index contributed by atoms with van der Waals surface area (Å²) in [7, 11) is 0. The molecule has 0 saturated carbocycles. The fourth-order valence-corrected chi connectivity index (χ4v) is 3.11. The average Bonchev–Trinajstić information content (AvgIpc) is 2.64. The normalized spacial score (nSPS) is 12.8. The second-order valence-electron chi connectivity index (χ2n) is 6.43. The Morgan fingerprint density at radius 1 is 1.00 bits per heavy atom. The van der Waals surface area contributed by atoms with Gasteiger partial charge >= 0.3 is 0 Å². The predicted octanol–water partition coefficient (Wildman–Crippen LogP) is 4.60. The molecule has 0 aliphatic heterocycles. The maximum Gasteiger partial charge on any atom is 0.223 e. The monoisotopic (exact) mass is 338 g/mol.